The Morgan fingerprint density at radius 3 is 1.53 bits per heavy atom. The molecule has 0 heterocycles. The number of allylic oxidation sites excluding steroid dienone is 8. The molecule has 0 spiro atoms. The maximum absolute atomic E-state index is 12.3. The van der Waals surface area contributed by atoms with Crippen molar-refractivity contribution in [3.63, 3.8) is 0 Å². The monoisotopic (exact) mass is 798 g/mol. The Bertz CT molecular complexity index is 1120. The number of nitrogens with one attached hydrogen (secondary N) is 1. The molecule has 0 aromatic carbocycles. The first-order chi connectivity index (χ1) is 26.6. The van der Waals surface area contributed by atoms with Gasteiger partial charge in [-0.1, -0.05) is 152 Å². The van der Waals surface area contributed by atoms with Crippen LogP contribution < -0.4 is 5.32 Å². The Balaban J connectivity index is 3.93. The highest BCUT2D eigenvalue weighted by molar-refractivity contribution is 7.47. The third-order valence-corrected chi connectivity index (χ3v) is 9.82. The van der Waals surface area contributed by atoms with Crippen LogP contribution in [0.25, 0.3) is 0 Å². The van der Waals surface area contributed by atoms with Crippen molar-refractivity contribution < 1.29 is 47.8 Å². The van der Waals surface area contributed by atoms with Crippen LogP contribution in [-0.4, -0.2) is 64.9 Å². The summed E-state index contributed by atoms with van der Waals surface area (Å²) < 4.78 is 26.7. The second-order valence-electron chi connectivity index (χ2n) is 14.2. The normalized spacial score (nSPS) is 14.3. The number of ether oxygens (including phenoxy) is 1. The number of unbranched alkanes of at least 4 members (excludes halogenated alkanes) is 17. The Morgan fingerprint density at radius 1 is 0.582 bits per heavy atom. The summed E-state index contributed by atoms with van der Waals surface area (Å²) in [7, 11) is -4.75. The number of amides is 1. The van der Waals surface area contributed by atoms with E-state index in [1.165, 1.54) is 51.4 Å². The lowest BCUT2D eigenvalue weighted by Crippen LogP contribution is -2.43. The number of esters is 1. The zero-order valence-electron chi connectivity index (χ0n) is 34.2. The van der Waals surface area contributed by atoms with Crippen LogP contribution in [0.2, 0.25) is 0 Å². The first-order valence-corrected chi connectivity index (χ1v) is 22.7. The molecule has 0 aliphatic rings. The zero-order chi connectivity index (χ0) is 40.7. The summed E-state index contributed by atoms with van der Waals surface area (Å²) in [6.07, 6.45) is 41.5. The number of aliphatic carboxylic acids is 1. The Kier molecular flexibility index (Phi) is 36.5. The van der Waals surface area contributed by atoms with Gasteiger partial charge in [-0.25, -0.2) is 9.36 Å². The highest BCUT2D eigenvalue weighted by Gasteiger charge is 2.28. The number of phosphoric acid groups is 1. The Labute approximate surface area is 333 Å². The lowest BCUT2D eigenvalue weighted by molar-refractivity contribution is -0.147. The molecule has 0 saturated heterocycles. The molecule has 0 aromatic heterocycles. The standard InChI is InChI=1S/C43H76NO10P/c1-3-5-7-9-11-13-14-15-16-17-18-19-20-21-22-23-24-25-26-27-28-30-32-34-41(46)44-40(43(48)49)38-54-55(50,51)53-37-39(45)36-52-42(47)35-33-31-29-12-10-8-6-4-2/h11,13,15-16,18-19,21-22,39-40,45H,3-10,12,14,17,20,23-38H2,1-2H3,(H,44,46)(H,48,49)(H,50,51)/b13-11-,16-15-,19-18-,22-21-. The Morgan fingerprint density at radius 2 is 1.00 bits per heavy atom. The molecule has 1 amide bonds. The summed E-state index contributed by atoms with van der Waals surface area (Å²) in [5, 5.41) is 21.7. The molecule has 318 valence electrons. The van der Waals surface area contributed by atoms with E-state index < -0.39 is 57.6 Å². The summed E-state index contributed by atoms with van der Waals surface area (Å²) in [6, 6.07) is -1.55. The van der Waals surface area contributed by atoms with Crippen LogP contribution in [0.4, 0.5) is 0 Å². The van der Waals surface area contributed by atoms with Crippen molar-refractivity contribution in [2.45, 2.75) is 187 Å². The maximum atomic E-state index is 12.3. The second kappa shape index (κ2) is 38.3. The minimum atomic E-state index is -4.75. The average Bonchev–Trinajstić information content (AvgIpc) is 3.16. The van der Waals surface area contributed by atoms with Gasteiger partial charge in [-0.15, -0.1) is 0 Å². The molecule has 0 fully saturated rings. The molecule has 3 atom stereocenters. The number of carboxylic acids is 1. The summed E-state index contributed by atoms with van der Waals surface area (Å²) in [5.74, 6) is -2.39. The van der Waals surface area contributed by atoms with E-state index in [2.05, 4.69) is 67.8 Å². The van der Waals surface area contributed by atoms with Crippen LogP contribution in [0.3, 0.4) is 0 Å². The summed E-state index contributed by atoms with van der Waals surface area (Å²) >= 11 is 0. The van der Waals surface area contributed by atoms with Crippen molar-refractivity contribution in [1.29, 1.82) is 0 Å². The van der Waals surface area contributed by atoms with Crippen molar-refractivity contribution >= 4 is 25.7 Å². The summed E-state index contributed by atoms with van der Waals surface area (Å²) in [5.41, 5.74) is 0. The van der Waals surface area contributed by atoms with Gasteiger partial charge in [0.25, 0.3) is 0 Å². The minimum Gasteiger partial charge on any atom is -0.480 e. The number of phosphoric ester groups is 1. The molecule has 0 rings (SSSR count). The highest BCUT2D eigenvalue weighted by Crippen LogP contribution is 2.43. The molecule has 0 aliphatic heterocycles. The van der Waals surface area contributed by atoms with Gasteiger partial charge in [0.15, 0.2) is 6.04 Å². The van der Waals surface area contributed by atoms with E-state index in [0.29, 0.717) is 12.8 Å². The fraction of sp³-hybridized carbons (Fsp3) is 0.744. The lowest BCUT2D eigenvalue weighted by atomic mass is 10.1. The van der Waals surface area contributed by atoms with Gasteiger partial charge in [-0.2, -0.15) is 0 Å². The smallest absolute Gasteiger partial charge is 0.472 e. The first kappa shape index (κ1) is 52.4. The van der Waals surface area contributed by atoms with Gasteiger partial charge in [-0.3, -0.25) is 18.6 Å². The van der Waals surface area contributed by atoms with Crippen LogP contribution in [0.5, 0.6) is 0 Å². The van der Waals surface area contributed by atoms with Crippen LogP contribution in [0.15, 0.2) is 48.6 Å². The molecule has 0 aromatic rings. The van der Waals surface area contributed by atoms with Crippen LogP contribution >= 0.6 is 7.82 Å². The number of aliphatic hydroxyl groups excluding tert-OH is 1. The van der Waals surface area contributed by atoms with Crippen molar-refractivity contribution in [3.05, 3.63) is 48.6 Å². The van der Waals surface area contributed by atoms with E-state index in [1.54, 1.807) is 0 Å². The number of carbonyl (C=O) groups excluding carboxylic acids is 2. The predicted octanol–water partition coefficient (Wildman–Crippen LogP) is 10.6. The molecule has 11 nitrogen and oxygen atoms in total. The maximum Gasteiger partial charge on any atom is 0.472 e. The molecular formula is C43H76NO10P. The molecule has 3 unspecified atom stereocenters. The zero-order valence-corrected chi connectivity index (χ0v) is 35.1. The minimum absolute atomic E-state index is 0.132. The van der Waals surface area contributed by atoms with E-state index >= 15 is 0 Å². The summed E-state index contributed by atoms with van der Waals surface area (Å²) in [6.45, 7) is 2.50. The van der Waals surface area contributed by atoms with Crippen molar-refractivity contribution in [3.8, 4) is 0 Å². The number of rotatable bonds is 39. The molecule has 55 heavy (non-hydrogen) atoms. The van der Waals surface area contributed by atoms with Gasteiger partial charge >= 0.3 is 19.8 Å². The fourth-order valence-electron chi connectivity index (χ4n) is 5.53. The van der Waals surface area contributed by atoms with Crippen LogP contribution in [-0.2, 0) is 32.7 Å². The number of carbonyl (C=O) groups is 3. The van der Waals surface area contributed by atoms with Crippen LogP contribution in [0, 0.1) is 0 Å². The quantitative estimate of drug-likeness (QED) is 0.0203. The van der Waals surface area contributed by atoms with Crippen LogP contribution in [0.1, 0.15) is 174 Å². The highest BCUT2D eigenvalue weighted by atomic mass is 31.2. The third kappa shape index (κ3) is 38.1. The molecule has 0 bridgehead atoms. The second-order valence-corrected chi connectivity index (χ2v) is 15.6. The third-order valence-electron chi connectivity index (χ3n) is 8.87. The number of hydrogen-bond donors (Lipinski definition) is 4. The van der Waals surface area contributed by atoms with Crippen molar-refractivity contribution in [1.82, 2.24) is 5.32 Å². The van der Waals surface area contributed by atoms with Gasteiger partial charge in [0.1, 0.15) is 12.7 Å². The molecular weight excluding hydrogens is 721 g/mol. The number of carboxylic acid groups (broad SMARTS) is 1. The first-order valence-electron chi connectivity index (χ1n) is 21.2. The van der Waals surface area contributed by atoms with E-state index in [9.17, 15) is 34.1 Å². The van der Waals surface area contributed by atoms with E-state index in [4.69, 9.17) is 13.8 Å². The summed E-state index contributed by atoms with van der Waals surface area (Å²) in [4.78, 5) is 45.7. The largest absolute Gasteiger partial charge is 0.480 e. The van der Waals surface area contributed by atoms with Crippen molar-refractivity contribution in [2.75, 3.05) is 19.8 Å². The van der Waals surface area contributed by atoms with Gasteiger partial charge in [0, 0.05) is 12.8 Å². The number of hydrogen-bond acceptors (Lipinski definition) is 8. The lowest BCUT2D eigenvalue weighted by Gasteiger charge is -2.18. The van der Waals surface area contributed by atoms with Gasteiger partial charge in [-0.05, 0) is 57.8 Å². The Hall–Kier alpha value is -2.56. The topological polar surface area (TPSA) is 169 Å². The van der Waals surface area contributed by atoms with Crippen molar-refractivity contribution in [2.24, 2.45) is 0 Å². The average molecular weight is 798 g/mol. The van der Waals surface area contributed by atoms with E-state index in [-0.39, 0.29) is 12.8 Å². The molecule has 4 N–H and O–H groups in total. The molecule has 12 heteroatoms. The predicted molar refractivity (Wildman–Crippen MR) is 222 cm³/mol. The van der Waals surface area contributed by atoms with Gasteiger partial charge in [0.05, 0.1) is 13.2 Å². The molecule has 0 radical (unpaired) electrons. The van der Waals surface area contributed by atoms with E-state index in [0.717, 1.165) is 83.5 Å². The SMILES string of the molecule is CCCCC/C=C\C/C=C\C/C=C\C/C=C\CCCCCCCCCC(=O)NC(COP(=O)(O)OCC(O)COC(=O)CCCCCCCCCC)C(=O)O. The number of aliphatic hydroxyl groups is 1. The molecule has 0 aliphatic carbocycles. The van der Waals surface area contributed by atoms with Gasteiger partial charge < -0.3 is 25.2 Å². The fourth-order valence-corrected chi connectivity index (χ4v) is 6.31. The van der Waals surface area contributed by atoms with E-state index in [1.807, 2.05) is 0 Å². The van der Waals surface area contributed by atoms with Gasteiger partial charge in [0.2, 0.25) is 5.91 Å². The molecule has 0 saturated carbocycles.